The second-order valence-electron chi connectivity index (χ2n) is 7.93. The zero-order chi connectivity index (χ0) is 23.4. The van der Waals surface area contributed by atoms with Crippen molar-refractivity contribution in [3.63, 3.8) is 0 Å². The maximum absolute atomic E-state index is 14.0. The second kappa shape index (κ2) is 9.97. The van der Waals surface area contributed by atoms with Gasteiger partial charge in [0.05, 0.1) is 25.0 Å². The lowest BCUT2D eigenvalue weighted by atomic mass is 10.0. The Morgan fingerprint density at radius 3 is 2.67 bits per heavy atom. The standard InChI is InChI=1S/C25H25FN2O5/c1-32-22-8-6-16(11-20(22)26)13-28-24(29)19-12-17(7-9-21(19)33-14-15-4-5-15)23-18(25(30)31)3-2-10-27-23/h2-3,6-12,15,25,30-31H,4-5,13-14H2,1H3,(H,28,29). The molecule has 1 amide bonds. The van der Waals surface area contributed by atoms with E-state index in [1.807, 2.05) is 0 Å². The lowest BCUT2D eigenvalue weighted by Crippen LogP contribution is -2.24. The molecule has 1 aromatic heterocycles. The molecule has 3 aromatic rings. The van der Waals surface area contributed by atoms with Crippen molar-refractivity contribution in [1.82, 2.24) is 10.3 Å². The molecular weight excluding hydrogens is 427 g/mol. The van der Waals surface area contributed by atoms with Crippen molar-refractivity contribution < 1.29 is 28.9 Å². The average molecular weight is 452 g/mol. The minimum atomic E-state index is -1.71. The van der Waals surface area contributed by atoms with Crippen LogP contribution in [-0.2, 0) is 6.54 Å². The molecule has 1 aliphatic rings. The van der Waals surface area contributed by atoms with E-state index in [4.69, 9.17) is 9.47 Å². The Balaban J connectivity index is 1.60. The van der Waals surface area contributed by atoms with Crippen molar-refractivity contribution >= 4 is 5.91 Å². The van der Waals surface area contributed by atoms with E-state index in [-0.39, 0.29) is 23.4 Å². The van der Waals surface area contributed by atoms with Gasteiger partial charge >= 0.3 is 0 Å². The maximum Gasteiger partial charge on any atom is 0.255 e. The molecule has 1 fully saturated rings. The van der Waals surface area contributed by atoms with Crippen molar-refractivity contribution in [1.29, 1.82) is 0 Å². The number of carbonyl (C=O) groups is 1. The number of nitrogens with zero attached hydrogens (tertiary/aromatic N) is 1. The molecule has 1 heterocycles. The van der Waals surface area contributed by atoms with Gasteiger partial charge in [-0.2, -0.15) is 0 Å². The summed E-state index contributed by atoms with van der Waals surface area (Å²) >= 11 is 0. The highest BCUT2D eigenvalue weighted by Gasteiger charge is 2.24. The molecule has 7 nitrogen and oxygen atoms in total. The van der Waals surface area contributed by atoms with Crippen LogP contribution in [0.15, 0.2) is 54.7 Å². The molecule has 0 aliphatic heterocycles. The molecule has 0 unspecified atom stereocenters. The molecule has 172 valence electrons. The molecule has 0 radical (unpaired) electrons. The highest BCUT2D eigenvalue weighted by Crippen LogP contribution is 2.33. The first-order chi connectivity index (χ1) is 16.0. The third kappa shape index (κ3) is 5.47. The van der Waals surface area contributed by atoms with Crippen molar-refractivity contribution in [2.75, 3.05) is 13.7 Å². The van der Waals surface area contributed by atoms with E-state index in [1.165, 1.54) is 25.4 Å². The van der Waals surface area contributed by atoms with E-state index >= 15 is 0 Å². The number of hydrogen-bond acceptors (Lipinski definition) is 6. The average Bonchev–Trinajstić information content (AvgIpc) is 3.66. The number of halogens is 1. The monoisotopic (exact) mass is 452 g/mol. The number of pyridine rings is 1. The number of benzene rings is 2. The van der Waals surface area contributed by atoms with E-state index in [0.717, 1.165) is 12.8 Å². The number of aliphatic hydroxyl groups is 2. The van der Waals surface area contributed by atoms with Crippen molar-refractivity contribution in [3.8, 4) is 22.8 Å². The topological polar surface area (TPSA) is 101 Å². The first-order valence-electron chi connectivity index (χ1n) is 10.6. The summed E-state index contributed by atoms with van der Waals surface area (Å²) in [5, 5.41) is 22.2. The first kappa shape index (κ1) is 22.7. The minimum absolute atomic E-state index is 0.107. The number of nitrogens with one attached hydrogen (secondary N) is 1. The van der Waals surface area contributed by atoms with E-state index in [2.05, 4.69) is 10.3 Å². The lowest BCUT2D eigenvalue weighted by Gasteiger charge is -2.15. The maximum atomic E-state index is 14.0. The summed E-state index contributed by atoms with van der Waals surface area (Å²) in [6.45, 7) is 0.629. The number of rotatable bonds is 9. The van der Waals surface area contributed by atoms with E-state index in [1.54, 1.807) is 36.4 Å². The molecule has 0 saturated heterocycles. The van der Waals surface area contributed by atoms with Gasteiger partial charge in [0.1, 0.15) is 5.75 Å². The van der Waals surface area contributed by atoms with Gasteiger partial charge in [-0.05, 0) is 60.7 Å². The molecule has 0 spiro atoms. The summed E-state index contributed by atoms with van der Waals surface area (Å²) in [7, 11) is 1.39. The molecule has 33 heavy (non-hydrogen) atoms. The highest BCUT2D eigenvalue weighted by atomic mass is 19.1. The van der Waals surface area contributed by atoms with Gasteiger partial charge < -0.3 is 25.0 Å². The van der Waals surface area contributed by atoms with Crippen LogP contribution in [-0.4, -0.2) is 34.8 Å². The van der Waals surface area contributed by atoms with Gasteiger partial charge in [-0.1, -0.05) is 12.1 Å². The Morgan fingerprint density at radius 2 is 1.97 bits per heavy atom. The molecule has 8 heteroatoms. The molecule has 0 bridgehead atoms. The quantitative estimate of drug-likeness (QED) is 0.429. The van der Waals surface area contributed by atoms with Gasteiger partial charge in [0.15, 0.2) is 17.9 Å². The summed E-state index contributed by atoms with van der Waals surface area (Å²) in [5.41, 5.74) is 1.98. The largest absolute Gasteiger partial charge is 0.494 e. The van der Waals surface area contributed by atoms with E-state index < -0.39 is 18.0 Å². The summed E-state index contributed by atoms with van der Waals surface area (Å²) in [6, 6.07) is 12.7. The Morgan fingerprint density at radius 1 is 1.18 bits per heavy atom. The normalized spacial score (nSPS) is 13.1. The van der Waals surface area contributed by atoms with Gasteiger partial charge in [-0.15, -0.1) is 0 Å². The summed E-state index contributed by atoms with van der Waals surface area (Å²) < 4.78 is 24.8. The molecule has 1 aliphatic carbocycles. The predicted molar refractivity (Wildman–Crippen MR) is 119 cm³/mol. The van der Waals surface area contributed by atoms with Crippen molar-refractivity contribution in [2.24, 2.45) is 5.92 Å². The molecule has 2 aromatic carbocycles. The summed E-state index contributed by atoms with van der Waals surface area (Å²) in [5.74, 6) is 0.137. The van der Waals surface area contributed by atoms with Crippen LogP contribution in [0, 0.1) is 11.7 Å². The number of amides is 1. The van der Waals surface area contributed by atoms with Gasteiger partial charge in [0.25, 0.3) is 5.91 Å². The van der Waals surface area contributed by atoms with Gasteiger partial charge in [0.2, 0.25) is 0 Å². The number of methoxy groups -OCH3 is 1. The number of carbonyl (C=O) groups excluding carboxylic acids is 1. The smallest absolute Gasteiger partial charge is 0.255 e. The van der Waals surface area contributed by atoms with Gasteiger partial charge in [-0.3, -0.25) is 9.78 Å². The third-order valence-corrected chi connectivity index (χ3v) is 5.46. The lowest BCUT2D eigenvalue weighted by molar-refractivity contribution is -0.0422. The molecule has 3 N–H and O–H groups in total. The fourth-order valence-corrected chi connectivity index (χ4v) is 3.44. The van der Waals surface area contributed by atoms with Crippen LogP contribution in [0.25, 0.3) is 11.3 Å². The minimum Gasteiger partial charge on any atom is -0.494 e. The molecule has 1 saturated carbocycles. The number of ether oxygens (including phenoxy) is 2. The van der Waals surface area contributed by atoms with Crippen LogP contribution in [0.1, 0.15) is 40.6 Å². The first-order valence-corrected chi connectivity index (χ1v) is 10.6. The van der Waals surface area contributed by atoms with Crippen molar-refractivity contribution in [2.45, 2.75) is 25.7 Å². The predicted octanol–water partition coefficient (Wildman–Crippen LogP) is 3.60. The van der Waals surface area contributed by atoms with Gasteiger partial charge in [0, 0.05) is 23.9 Å². The zero-order valence-corrected chi connectivity index (χ0v) is 18.1. The van der Waals surface area contributed by atoms with E-state index in [0.29, 0.717) is 35.1 Å². The molecule has 0 atom stereocenters. The number of aliphatic hydroxyl groups excluding tert-OH is 1. The Bertz CT molecular complexity index is 1150. The molecular formula is C25H25FN2O5. The zero-order valence-electron chi connectivity index (χ0n) is 18.1. The fraction of sp³-hybridized carbons (Fsp3) is 0.280. The van der Waals surface area contributed by atoms with Crippen LogP contribution in [0.2, 0.25) is 0 Å². The van der Waals surface area contributed by atoms with Crippen LogP contribution < -0.4 is 14.8 Å². The SMILES string of the molecule is COc1ccc(CNC(=O)c2cc(-c3ncccc3C(O)O)ccc2OCC2CC2)cc1F. The van der Waals surface area contributed by atoms with Crippen LogP contribution >= 0.6 is 0 Å². The summed E-state index contributed by atoms with van der Waals surface area (Å²) in [4.78, 5) is 17.3. The molecule has 4 rings (SSSR count). The van der Waals surface area contributed by atoms with E-state index in [9.17, 15) is 19.4 Å². The second-order valence-corrected chi connectivity index (χ2v) is 7.93. The van der Waals surface area contributed by atoms with Gasteiger partial charge in [-0.25, -0.2) is 4.39 Å². The Labute approximate surface area is 190 Å². The highest BCUT2D eigenvalue weighted by molar-refractivity contribution is 5.98. The van der Waals surface area contributed by atoms with Crippen LogP contribution in [0.5, 0.6) is 11.5 Å². The number of aromatic nitrogens is 1. The fourth-order valence-electron chi connectivity index (χ4n) is 3.44. The van der Waals surface area contributed by atoms with Crippen LogP contribution in [0.4, 0.5) is 4.39 Å². The Kier molecular flexibility index (Phi) is 6.86. The summed E-state index contributed by atoms with van der Waals surface area (Å²) in [6.07, 6.45) is 2.04. The number of hydrogen-bond donors (Lipinski definition) is 3. The third-order valence-electron chi connectivity index (χ3n) is 5.46. The van der Waals surface area contributed by atoms with Crippen LogP contribution in [0.3, 0.4) is 0 Å². The van der Waals surface area contributed by atoms with Crippen molar-refractivity contribution in [3.05, 3.63) is 77.2 Å². The Hall–Kier alpha value is -3.49.